The molecule has 1 fully saturated rings. The number of rotatable bonds is 0. The smallest absolute Gasteiger partial charge is 0.0882 e. The number of hydrogen-bond donors (Lipinski definition) is 2. The Labute approximate surface area is 68.2 Å². The molecule has 0 bridgehead atoms. The number of aliphatic hydroxyl groups excluding tert-OH is 1. The van der Waals surface area contributed by atoms with E-state index < -0.39 is 11.7 Å². The third-order valence-electron chi connectivity index (χ3n) is 2.71. The molecule has 2 N–H and O–H groups in total. The zero-order chi connectivity index (χ0) is 8.65. The SMILES string of the molecule is C[C@H]1C[C@@H](C)[C@H](O)[C@](C)(O)C1. The fraction of sp³-hybridized carbons (Fsp3) is 1.00. The molecule has 0 spiro atoms. The summed E-state index contributed by atoms with van der Waals surface area (Å²) in [6.45, 7) is 5.84. The molecule has 1 aliphatic rings. The van der Waals surface area contributed by atoms with E-state index in [0.29, 0.717) is 5.92 Å². The monoisotopic (exact) mass is 158 g/mol. The summed E-state index contributed by atoms with van der Waals surface area (Å²) in [6.07, 6.45) is 1.20. The first-order valence-electron chi connectivity index (χ1n) is 4.34. The molecule has 1 aliphatic carbocycles. The summed E-state index contributed by atoms with van der Waals surface area (Å²) in [5.41, 5.74) is -0.864. The lowest BCUT2D eigenvalue weighted by atomic mass is 9.72. The molecule has 0 radical (unpaired) electrons. The lowest BCUT2D eigenvalue weighted by Crippen LogP contribution is -2.48. The number of aliphatic hydroxyl groups is 2. The van der Waals surface area contributed by atoms with Gasteiger partial charge in [-0.2, -0.15) is 0 Å². The maximum absolute atomic E-state index is 9.73. The van der Waals surface area contributed by atoms with Crippen molar-refractivity contribution >= 4 is 0 Å². The molecule has 0 unspecified atom stereocenters. The van der Waals surface area contributed by atoms with Gasteiger partial charge in [-0.15, -0.1) is 0 Å². The fourth-order valence-electron chi connectivity index (χ4n) is 2.29. The van der Waals surface area contributed by atoms with Crippen LogP contribution in [0.2, 0.25) is 0 Å². The van der Waals surface area contributed by atoms with Crippen LogP contribution in [-0.4, -0.2) is 21.9 Å². The first-order chi connectivity index (χ1) is 4.93. The molecule has 2 heteroatoms. The molecule has 0 aromatic rings. The second-order valence-corrected chi connectivity index (χ2v) is 4.32. The minimum absolute atomic E-state index is 0.230. The van der Waals surface area contributed by atoms with Crippen LogP contribution in [0.3, 0.4) is 0 Å². The van der Waals surface area contributed by atoms with Crippen LogP contribution in [0.5, 0.6) is 0 Å². The normalized spacial score (nSPS) is 52.6. The van der Waals surface area contributed by atoms with Crippen molar-refractivity contribution in [2.24, 2.45) is 11.8 Å². The van der Waals surface area contributed by atoms with Gasteiger partial charge in [0.25, 0.3) is 0 Å². The topological polar surface area (TPSA) is 40.5 Å². The predicted molar refractivity (Wildman–Crippen MR) is 44.2 cm³/mol. The largest absolute Gasteiger partial charge is 0.390 e. The minimum Gasteiger partial charge on any atom is -0.390 e. The van der Waals surface area contributed by atoms with Crippen LogP contribution in [0, 0.1) is 11.8 Å². The Balaban J connectivity index is 2.67. The summed E-state index contributed by atoms with van der Waals surface area (Å²) in [4.78, 5) is 0. The average molecular weight is 158 g/mol. The van der Waals surface area contributed by atoms with Gasteiger partial charge in [0.1, 0.15) is 0 Å². The van der Waals surface area contributed by atoms with Crippen LogP contribution in [0.1, 0.15) is 33.6 Å². The summed E-state index contributed by atoms with van der Waals surface area (Å²) >= 11 is 0. The van der Waals surface area contributed by atoms with E-state index in [9.17, 15) is 10.2 Å². The van der Waals surface area contributed by atoms with Gasteiger partial charge in [0.15, 0.2) is 0 Å². The Morgan fingerprint density at radius 2 is 1.91 bits per heavy atom. The van der Waals surface area contributed by atoms with E-state index in [4.69, 9.17) is 0 Å². The van der Waals surface area contributed by atoms with Crippen LogP contribution in [-0.2, 0) is 0 Å². The molecule has 4 atom stereocenters. The Morgan fingerprint density at radius 1 is 1.36 bits per heavy atom. The average Bonchev–Trinajstić information content (AvgIpc) is 1.81. The summed E-state index contributed by atoms with van der Waals surface area (Å²) in [5, 5.41) is 19.3. The Morgan fingerprint density at radius 3 is 2.36 bits per heavy atom. The van der Waals surface area contributed by atoms with Gasteiger partial charge in [-0.3, -0.25) is 0 Å². The van der Waals surface area contributed by atoms with E-state index in [2.05, 4.69) is 6.92 Å². The molecular formula is C9H18O2. The second-order valence-electron chi connectivity index (χ2n) is 4.32. The zero-order valence-corrected chi connectivity index (χ0v) is 7.54. The van der Waals surface area contributed by atoms with Crippen molar-refractivity contribution in [2.45, 2.75) is 45.3 Å². The van der Waals surface area contributed by atoms with Crippen molar-refractivity contribution in [3.8, 4) is 0 Å². The van der Waals surface area contributed by atoms with E-state index in [1.165, 1.54) is 0 Å². The van der Waals surface area contributed by atoms with Crippen LogP contribution in [0.15, 0.2) is 0 Å². The fourth-order valence-corrected chi connectivity index (χ4v) is 2.29. The van der Waals surface area contributed by atoms with Gasteiger partial charge in [0.05, 0.1) is 11.7 Å². The molecule has 0 heterocycles. The summed E-state index contributed by atoms with van der Waals surface area (Å²) in [5.74, 6) is 0.761. The third kappa shape index (κ3) is 1.74. The Hall–Kier alpha value is -0.0800. The lowest BCUT2D eigenvalue weighted by Gasteiger charge is -2.41. The maximum Gasteiger partial charge on any atom is 0.0882 e. The highest BCUT2D eigenvalue weighted by Gasteiger charge is 2.40. The highest BCUT2D eigenvalue weighted by Crippen LogP contribution is 2.35. The molecule has 0 aromatic heterocycles. The molecule has 66 valence electrons. The molecule has 11 heavy (non-hydrogen) atoms. The molecule has 1 rings (SSSR count). The van der Waals surface area contributed by atoms with Crippen molar-refractivity contribution in [1.29, 1.82) is 0 Å². The molecule has 0 amide bonds. The highest BCUT2D eigenvalue weighted by atomic mass is 16.3. The first-order valence-corrected chi connectivity index (χ1v) is 4.34. The third-order valence-corrected chi connectivity index (χ3v) is 2.71. The Bertz CT molecular complexity index is 142. The quantitative estimate of drug-likeness (QED) is 0.555. The van der Waals surface area contributed by atoms with E-state index >= 15 is 0 Å². The molecule has 2 nitrogen and oxygen atoms in total. The van der Waals surface area contributed by atoms with Gasteiger partial charge in [-0.05, 0) is 31.6 Å². The van der Waals surface area contributed by atoms with Crippen LogP contribution < -0.4 is 0 Å². The summed E-state index contributed by atoms with van der Waals surface area (Å²) in [6, 6.07) is 0. The van der Waals surface area contributed by atoms with Crippen LogP contribution in [0.25, 0.3) is 0 Å². The predicted octanol–water partition coefficient (Wildman–Crippen LogP) is 1.16. The molecule has 0 saturated heterocycles. The first kappa shape index (κ1) is 9.01. The second kappa shape index (κ2) is 2.76. The Kier molecular flexibility index (Phi) is 2.26. The van der Waals surface area contributed by atoms with Gasteiger partial charge >= 0.3 is 0 Å². The van der Waals surface area contributed by atoms with E-state index in [-0.39, 0.29) is 5.92 Å². The van der Waals surface area contributed by atoms with E-state index in [1.807, 2.05) is 6.92 Å². The summed E-state index contributed by atoms with van der Waals surface area (Å²) in [7, 11) is 0. The molecule has 0 aromatic carbocycles. The molecular weight excluding hydrogens is 140 g/mol. The van der Waals surface area contributed by atoms with Gasteiger partial charge < -0.3 is 10.2 Å². The number of hydrogen-bond acceptors (Lipinski definition) is 2. The van der Waals surface area contributed by atoms with Crippen LogP contribution in [0.4, 0.5) is 0 Å². The van der Waals surface area contributed by atoms with Crippen molar-refractivity contribution in [1.82, 2.24) is 0 Å². The maximum atomic E-state index is 9.73. The van der Waals surface area contributed by atoms with Crippen molar-refractivity contribution < 1.29 is 10.2 Å². The lowest BCUT2D eigenvalue weighted by molar-refractivity contribution is -0.123. The molecule has 0 aliphatic heterocycles. The minimum atomic E-state index is -0.864. The highest BCUT2D eigenvalue weighted by molar-refractivity contribution is 4.91. The van der Waals surface area contributed by atoms with Crippen molar-refractivity contribution in [3.63, 3.8) is 0 Å². The summed E-state index contributed by atoms with van der Waals surface area (Å²) < 4.78 is 0. The zero-order valence-electron chi connectivity index (χ0n) is 7.54. The van der Waals surface area contributed by atoms with Crippen LogP contribution >= 0.6 is 0 Å². The van der Waals surface area contributed by atoms with Crippen molar-refractivity contribution in [3.05, 3.63) is 0 Å². The van der Waals surface area contributed by atoms with E-state index in [0.717, 1.165) is 12.8 Å². The van der Waals surface area contributed by atoms with Gasteiger partial charge in [-0.25, -0.2) is 0 Å². The van der Waals surface area contributed by atoms with E-state index in [1.54, 1.807) is 6.92 Å². The van der Waals surface area contributed by atoms with Gasteiger partial charge in [0.2, 0.25) is 0 Å². The van der Waals surface area contributed by atoms with Crippen molar-refractivity contribution in [2.75, 3.05) is 0 Å². The molecule has 1 saturated carbocycles. The van der Waals surface area contributed by atoms with Gasteiger partial charge in [-0.1, -0.05) is 13.8 Å². The standard InChI is InChI=1S/C9H18O2/c1-6-4-7(2)8(10)9(3,11)5-6/h6-8,10-11H,4-5H2,1-3H3/t6-,7+,8-,9+/m0/s1. The van der Waals surface area contributed by atoms with Gasteiger partial charge in [0, 0.05) is 0 Å².